The van der Waals surface area contributed by atoms with Gasteiger partial charge in [-0.1, -0.05) is 53.0 Å². The second kappa shape index (κ2) is 14.8. The van der Waals surface area contributed by atoms with Crippen molar-refractivity contribution in [2.24, 2.45) is 0 Å². The van der Waals surface area contributed by atoms with Gasteiger partial charge in [-0.3, -0.25) is 14.7 Å². The van der Waals surface area contributed by atoms with Crippen LogP contribution in [0, 0.1) is 0 Å². The van der Waals surface area contributed by atoms with Crippen molar-refractivity contribution in [3.63, 3.8) is 0 Å². The van der Waals surface area contributed by atoms with Crippen LogP contribution < -0.4 is 0 Å². The SMILES string of the molecule is O=C(OO)c1cccc(Cl)c1.O=C(OO)c1cccc(Cl)c1.O=C(OO)c1cccc(Cl)c1. The minimum Gasteiger partial charge on any atom is -0.296 e. The lowest BCUT2D eigenvalue weighted by Crippen LogP contribution is -2.00. The van der Waals surface area contributed by atoms with Gasteiger partial charge in [0.1, 0.15) is 0 Å². The van der Waals surface area contributed by atoms with Gasteiger partial charge >= 0.3 is 17.9 Å². The molecule has 9 nitrogen and oxygen atoms in total. The zero-order valence-corrected chi connectivity index (χ0v) is 18.6. The lowest BCUT2D eigenvalue weighted by atomic mass is 10.2. The number of hydrogen-bond donors (Lipinski definition) is 3. The Hall–Kier alpha value is -3.18. The molecule has 0 amide bonds. The van der Waals surface area contributed by atoms with Gasteiger partial charge < -0.3 is 0 Å². The van der Waals surface area contributed by atoms with Gasteiger partial charge in [-0.25, -0.2) is 14.4 Å². The molecule has 0 aliphatic rings. The minimum atomic E-state index is -0.813. The van der Waals surface area contributed by atoms with Gasteiger partial charge in [0.2, 0.25) is 0 Å². The highest BCUT2D eigenvalue weighted by molar-refractivity contribution is 6.31. The molecule has 0 saturated carbocycles. The van der Waals surface area contributed by atoms with Crippen molar-refractivity contribution in [1.29, 1.82) is 0 Å². The maximum atomic E-state index is 10.6. The highest BCUT2D eigenvalue weighted by Gasteiger charge is 2.07. The van der Waals surface area contributed by atoms with Gasteiger partial charge in [0.25, 0.3) is 0 Å². The fourth-order valence-corrected chi connectivity index (χ4v) is 2.58. The van der Waals surface area contributed by atoms with Gasteiger partial charge in [0, 0.05) is 15.1 Å². The first-order valence-corrected chi connectivity index (χ1v) is 9.69. The van der Waals surface area contributed by atoms with Crippen LogP contribution in [-0.4, -0.2) is 33.7 Å². The summed E-state index contributed by atoms with van der Waals surface area (Å²) >= 11 is 16.7. The molecule has 174 valence electrons. The van der Waals surface area contributed by atoms with E-state index in [0.29, 0.717) is 15.1 Å². The molecule has 0 aliphatic heterocycles. The third-order valence-corrected chi connectivity index (χ3v) is 4.13. The molecular weight excluding hydrogens is 503 g/mol. The van der Waals surface area contributed by atoms with Crippen molar-refractivity contribution < 1.29 is 44.8 Å². The summed E-state index contributed by atoms with van der Waals surface area (Å²) < 4.78 is 0. The van der Waals surface area contributed by atoms with Crippen LogP contribution in [-0.2, 0) is 14.7 Å². The zero-order valence-electron chi connectivity index (χ0n) is 16.4. The summed E-state index contributed by atoms with van der Waals surface area (Å²) in [5, 5.41) is 25.2. The molecule has 0 heterocycles. The summed E-state index contributed by atoms with van der Waals surface area (Å²) in [5.74, 6) is -2.44. The molecule has 33 heavy (non-hydrogen) atoms. The van der Waals surface area contributed by atoms with Crippen LogP contribution >= 0.6 is 34.8 Å². The smallest absolute Gasteiger partial charge is 0.296 e. The van der Waals surface area contributed by atoms with Crippen molar-refractivity contribution in [2.45, 2.75) is 0 Å². The molecule has 3 aromatic rings. The Kier molecular flexibility index (Phi) is 12.5. The highest BCUT2D eigenvalue weighted by atomic mass is 35.5. The maximum Gasteiger partial charge on any atom is 0.372 e. The van der Waals surface area contributed by atoms with E-state index >= 15 is 0 Å². The van der Waals surface area contributed by atoms with Crippen molar-refractivity contribution >= 4 is 52.7 Å². The van der Waals surface area contributed by atoms with E-state index in [1.165, 1.54) is 36.4 Å². The number of carbonyl (C=O) groups is 3. The zero-order chi connectivity index (χ0) is 24.8. The number of rotatable bonds is 3. The molecule has 3 rings (SSSR count). The van der Waals surface area contributed by atoms with Crippen LogP contribution in [0.4, 0.5) is 0 Å². The average Bonchev–Trinajstić information content (AvgIpc) is 2.83. The number of halogens is 3. The second-order valence-corrected chi connectivity index (χ2v) is 6.98. The summed E-state index contributed by atoms with van der Waals surface area (Å²) in [4.78, 5) is 42.4. The normalized spacial score (nSPS) is 9.27. The van der Waals surface area contributed by atoms with Crippen LogP contribution in [0.1, 0.15) is 31.1 Å². The summed E-state index contributed by atoms with van der Waals surface area (Å²) in [6.07, 6.45) is 0. The molecule has 0 unspecified atom stereocenters. The first kappa shape index (κ1) is 27.9. The standard InChI is InChI=1S/3C7H5ClO3/c3*8-6-3-1-2-5(4-6)7(9)11-10/h3*1-4,10H. The van der Waals surface area contributed by atoms with Crippen molar-refractivity contribution in [3.05, 3.63) is 105 Å². The van der Waals surface area contributed by atoms with Gasteiger partial charge in [-0.15, -0.1) is 0 Å². The predicted molar refractivity (Wildman–Crippen MR) is 118 cm³/mol. The van der Waals surface area contributed by atoms with E-state index in [1.54, 1.807) is 36.4 Å². The fourth-order valence-electron chi connectivity index (χ4n) is 2.00. The number of carbonyl (C=O) groups excluding carboxylic acids is 3. The summed E-state index contributed by atoms with van der Waals surface area (Å²) in [7, 11) is 0. The Balaban J connectivity index is 0.000000247. The van der Waals surface area contributed by atoms with E-state index in [1.807, 2.05) is 0 Å². The van der Waals surface area contributed by atoms with Gasteiger partial charge in [-0.2, -0.15) is 15.8 Å². The minimum absolute atomic E-state index is 0.222. The molecule has 0 bridgehead atoms. The molecule has 0 atom stereocenters. The van der Waals surface area contributed by atoms with Crippen LogP contribution in [0.15, 0.2) is 72.8 Å². The molecule has 0 fully saturated rings. The second-order valence-electron chi connectivity index (χ2n) is 5.67. The predicted octanol–water partition coefficient (Wildman–Crippen LogP) is 5.91. The first-order chi connectivity index (χ1) is 15.7. The largest absolute Gasteiger partial charge is 0.372 e. The molecule has 3 aromatic carbocycles. The van der Waals surface area contributed by atoms with E-state index in [0.717, 1.165) is 0 Å². The van der Waals surface area contributed by atoms with Crippen molar-refractivity contribution in [2.75, 3.05) is 0 Å². The van der Waals surface area contributed by atoms with Crippen LogP contribution in [0.5, 0.6) is 0 Å². The van der Waals surface area contributed by atoms with Crippen molar-refractivity contribution in [1.82, 2.24) is 0 Å². The van der Waals surface area contributed by atoms with E-state index in [9.17, 15) is 14.4 Å². The lowest BCUT2D eigenvalue weighted by molar-refractivity contribution is -0.182. The van der Waals surface area contributed by atoms with Crippen LogP contribution in [0.25, 0.3) is 0 Å². The van der Waals surface area contributed by atoms with Crippen LogP contribution in [0.2, 0.25) is 15.1 Å². The Bertz CT molecular complexity index is 953. The maximum absolute atomic E-state index is 10.6. The Labute approximate surface area is 202 Å². The molecule has 3 N–H and O–H groups in total. The molecule has 0 spiro atoms. The van der Waals surface area contributed by atoms with Gasteiger partial charge in [-0.05, 0) is 54.6 Å². The van der Waals surface area contributed by atoms with Crippen LogP contribution in [0.3, 0.4) is 0 Å². The topological polar surface area (TPSA) is 140 Å². The first-order valence-electron chi connectivity index (χ1n) is 8.55. The quantitative estimate of drug-likeness (QED) is 0.220. The summed E-state index contributed by atoms with van der Waals surface area (Å²) in [6, 6.07) is 18.3. The number of hydrogen-bond acceptors (Lipinski definition) is 9. The highest BCUT2D eigenvalue weighted by Crippen LogP contribution is 2.12. The molecule has 0 aliphatic carbocycles. The fraction of sp³-hybridized carbons (Fsp3) is 0. The third-order valence-electron chi connectivity index (χ3n) is 3.43. The summed E-state index contributed by atoms with van der Waals surface area (Å²) in [6.45, 7) is 0. The third kappa shape index (κ3) is 10.3. The number of benzene rings is 3. The van der Waals surface area contributed by atoms with E-state index in [-0.39, 0.29) is 16.7 Å². The summed E-state index contributed by atoms with van der Waals surface area (Å²) in [5.41, 5.74) is 0.667. The Morgan fingerprint density at radius 1 is 0.515 bits per heavy atom. The average molecular weight is 518 g/mol. The Morgan fingerprint density at radius 2 is 0.758 bits per heavy atom. The van der Waals surface area contributed by atoms with E-state index < -0.39 is 17.9 Å². The lowest BCUT2D eigenvalue weighted by Gasteiger charge is -1.95. The molecular formula is C21H15Cl3O9. The van der Waals surface area contributed by atoms with Crippen molar-refractivity contribution in [3.8, 4) is 0 Å². The molecule has 0 saturated heterocycles. The molecule has 0 aromatic heterocycles. The van der Waals surface area contributed by atoms with Gasteiger partial charge in [0.15, 0.2) is 0 Å². The van der Waals surface area contributed by atoms with E-state index in [4.69, 9.17) is 50.6 Å². The molecule has 0 radical (unpaired) electrons. The molecule has 12 heteroatoms. The Morgan fingerprint density at radius 3 is 0.939 bits per heavy atom. The van der Waals surface area contributed by atoms with Gasteiger partial charge in [0.05, 0.1) is 16.7 Å². The van der Waals surface area contributed by atoms with E-state index in [2.05, 4.69) is 14.7 Å². The monoisotopic (exact) mass is 516 g/mol.